The van der Waals surface area contributed by atoms with Gasteiger partial charge in [0, 0.05) is 31.6 Å². The molecule has 2 aromatic carbocycles. The van der Waals surface area contributed by atoms with Gasteiger partial charge in [-0.3, -0.25) is 9.80 Å². The molecule has 3 atom stereocenters. The van der Waals surface area contributed by atoms with Crippen molar-refractivity contribution in [1.82, 2.24) is 9.80 Å². The van der Waals surface area contributed by atoms with Gasteiger partial charge in [-0.05, 0) is 53.8 Å². The van der Waals surface area contributed by atoms with Gasteiger partial charge in [0.05, 0.1) is 6.04 Å². The van der Waals surface area contributed by atoms with Crippen molar-refractivity contribution >= 4 is 10.8 Å². The Balaban J connectivity index is 1.81. The molecule has 3 unspecified atom stereocenters. The molecule has 0 bridgehead atoms. The molecule has 34 heavy (non-hydrogen) atoms. The zero-order valence-corrected chi connectivity index (χ0v) is 20.7. The van der Waals surface area contributed by atoms with Crippen LogP contribution in [-0.4, -0.2) is 48.4 Å². The van der Waals surface area contributed by atoms with Gasteiger partial charge in [-0.25, -0.2) is 0 Å². The molecule has 1 aliphatic heterocycles. The molecule has 2 aromatic rings. The van der Waals surface area contributed by atoms with Gasteiger partial charge in [0.25, 0.3) is 0 Å². The molecule has 1 heterocycles. The van der Waals surface area contributed by atoms with Gasteiger partial charge in [-0.2, -0.15) is 0 Å². The Morgan fingerprint density at radius 3 is 2.41 bits per heavy atom. The van der Waals surface area contributed by atoms with Crippen molar-refractivity contribution in [2.24, 2.45) is 11.8 Å². The van der Waals surface area contributed by atoms with Gasteiger partial charge in [0.15, 0.2) is 0 Å². The van der Waals surface area contributed by atoms with Crippen molar-refractivity contribution in [2.45, 2.75) is 52.1 Å². The SMILES string of the molecule is CC1CC(OC(F)(F)F)=CC=C1C(c1cccc2ccccc12)N1CCN(C)C(C)(C(C)C)C1. The first-order chi connectivity index (χ1) is 16.0. The van der Waals surface area contributed by atoms with Crippen molar-refractivity contribution in [2.75, 3.05) is 26.7 Å². The number of rotatable bonds is 5. The van der Waals surface area contributed by atoms with Crippen LogP contribution < -0.4 is 0 Å². The molecular weight excluding hydrogens is 437 g/mol. The van der Waals surface area contributed by atoms with Crippen LogP contribution in [0.2, 0.25) is 0 Å². The first kappa shape index (κ1) is 24.8. The number of nitrogens with zero attached hydrogens (tertiary/aromatic N) is 2. The molecule has 6 heteroatoms. The largest absolute Gasteiger partial charge is 0.572 e. The summed E-state index contributed by atoms with van der Waals surface area (Å²) in [4.78, 5) is 4.98. The maximum atomic E-state index is 12.9. The first-order valence-electron chi connectivity index (χ1n) is 12.1. The molecule has 1 fully saturated rings. The van der Waals surface area contributed by atoms with Gasteiger partial charge in [-0.1, -0.05) is 69.3 Å². The number of benzene rings is 2. The monoisotopic (exact) mass is 472 g/mol. The Morgan fingerprint density at radius 2 is 1.74 bits per heavy atom. The number of hydrogen-bond acceptors (Lipinski definition) is 3. The number of alkyl halides is 3. The molecular formula is C28H35F3N2O. The van der Waals surface area contributed by atoms with Crippen LogP contribution in [0, 0.1) is 11.8 Å². The normalized spacial score (nSPS) is 25.9. The second-order valence-electron chi connectivity index (χ2n) is 10.3. The fourth-order valence-electron chi connectivity index (χ4n) is 5.49. The van der Waals surface area contributed by atoms with Crippen molar-refractivity contribution < 1.29 is 17.9 Å². The fraction of sp³-hybridized carbons (Fsp3) is 0.500. The highest BCUT2D eigenvalue weighted by Gasteiger charge is 2.42. The van der Waals surface area contributed by atoms with Crippen LogP contribution in [0.5, 0.6) is 0 Å². The number of ether oxygens (including phenoxy) is 1. The summed E-state index contributed by atoms with van der Waals surface area (Å²) in [7, 11) is 2.19. The zero-order valence-electron chi connectivity index (χ0n) is 20.7. The molecule has 0 saturated carbocycles. The molecule has 0 aromatic heterocycles. The summed E-state index contributed by atoms with van der Waals surface area (Å²) >= 11 is 0. The molecule has 0 spiro atoms. The van der Waals surface area contributed by atoms with Crippen LogP contribution in [0.15, 0.2) is 65.9 Å². The fourth-order valence-corrected chi connectivity index (χ4v) is 5.49. The van der Waals surface area contributed by atoms with Crippen LogP contribution in [0.1, 0.15) is 45.7 Å². The highest BCUT2D eigenvalue weighted by atomic mass is 19.4. The van der Waals surface area contributed by atoms with Crippen LogP contribution >= 0.6 is 0 Å². The molecule has 1 aliphatic carbocycles. The van der Waals surface area contributed by atoms with E-state index in [1.165, 1.54) is 22.4 Å². The summed E-state index contributed by atoms with van der Waals surface area (Å²) in [5.41, 5.74) is 2.35. The average Bonchev–Trinajstić information content (AvgIpc) is 2.76. The second kappa shape index (κ2) is 9.38. The second-order valence-corrected chi connectivity index (χ2v) is 10.3. The molecule has 0 radical (unpaired) electrons. The predicted molar refractivity (Wildman–Crippen MR) is 131 cm³/mol. The number of fused-ring (bicyclic) bond motifs is 1. The highest BCUT2D eigenvalue weighted by molar-refractivity contribution is 5.86. The van der Waals surface area contributed by atoms with Crippen LogP contribution in [0.25, 0.3) is 10.8 Å². The van der Waals surface area contributed by atoms with Crippen LogP contribution in [-0.2, 0) is 4.74 Å². The first-order valence-corrected chi connectivity index (χ1v) is 12.1. The number of hydrogen-bond donors (Lipinski definition) is 0. The van der Waals surface area contributed by atoms with Crippen molar-refractivity contribution in [3.05, 3.63) is 71.5 Å². The van der Waals surface area contributed by atoms with E-state index in [1.807, 2.05) is 19.1 Å². The highest BCUT2D eigenvalue weighted by Crippen LogP contribution is 2.43. The smallest absolute Gasteiger partial charge is 0.410 e. The lowest BCUT2D eigenvalue weighted by Crippen LogP contribution is -2.62. The third-order valence-corrected chi connectivity index (χ3v) is 7.95. The lowest BCUT2D eigenvalue weighted by atomic mass is 9.79. The molecule has 1 saturated heterocycles. The molecule has 3 nitrogen and oxygen atoms in total. The van der Waals surface area contributed by atoms with Gasteiger partial charge in [0.1, 0.15) is 5.76 Å². The van der Waals surface area contributed by atoms with Crippen LogP contribution in [0.4, 0.5) is 13.2 Å². The van der Waals surface area contributed by atoms with Gasteiger partial charge < -0.3 is 4.74 Å². The van der Waals surface area contributed by atoms with Gasteiger partial charge >= 0.3 is 6.36 Å². The molecule has 0 amide bonds. The topological polar surface area (TPSA) is 15.7 Å². The molecule has 4 rings (SSSR count). The molecule has 2 aliphatic rings. The van der Waals surface area contributed by atoms with E-state index in [0.29, 0.717) is 5.92 Å². The van der Waals surface area contributed by atoms with E-state index in [2.05, 4.69) is 78.8 Å². The Morgan fingerprint density at radius 1 is 1.03 bits per heavy atom. The minimum absolute atomic E-state index is 0.0000557. The Labute approximate surface area is 200 Å². The van der Waals surface area contributed by atoms with E-state index >= 15 is 0 Å². The van der Waals surface area contributed by atoms with Gasteiger partial charge in [0.2, 0.25) is 0 Å². The van der Waals surface area contributed by atoms with Crippen LogP contribution in [0.3, 0.4) is 0 Å². The standard InChI is InChI=1S/C28H35F3N2O/c1-19(2)27(4)18-33(16-15-32(27)5)26(25-12-8-10-21-9-6-7-11-24(21)25)23-14-13-22(17-20(23)3)34-28(29,30)31/h6-14,19-20,26H,15-18H2,1-5H3. The minimum Gasteiger partial charge on any atom is -0.410 e. The average molecular weight is 473 g/mol. The summed E-state index contributed by atoms with van der Waals surface area (Å²) < 4.78 is 42.8. The maximum Gasteiger partial charge on any atom is 0.572 e. The summed E-state index contributed by atoms with van der Waals surface area (Å²) in [6, 6.07) is 14.7. The number of piperazine rings is 1. The number of halogens is 3. The Bertz CT molecular complexity index is 1090. The molecule has 184 valence electrons. The minimum atomic E-state index is -4.66. The predicted octanol–water partition coefficient (Wildman–Crippen LogP) is 6.93. The maximum absolute atomic E-state index is 12.9. The third-order valence-electron chi connectivity index (χ3n) is 7.95. The number of likely N-dealkylation sites (N-methyl/N-ethyl adjacent to an activating group) is 1. The zero-order chi connectivity index (χ0) is 24.7. The van der Waals surface area contributed by atoms with Gasteiger partial charge in [-0.15, -0.1) is 13.2 Å². The van der Waals surface area contributed by atoms with Crippen molar-refractivity contribution in [1.29, 1.82) is 0 Å². The summed E-state index contributed by atoms with van der Waals surface area (Å²) in [6.45, 7) is 11.6. The van der Waals surface area contributed by atoms with E-state index in [9.17, 15) is 13.2 Å². The van der Waals surface area contributed by atoms with E-state index in [-0.39, 0.29) is 29.7 Å². The third kappa shape index (κ3) is 4.89. The Kier molecular flexibility index (Phi) is 6.85. The summed E-state index contributed by atoms with van der Waals surface area (Å²) in [5, 5.41) is 2.36. The summed E-state index contributed by atoms with van der Waals surface area (Å²) in [5.74, 6) is 0.361. The quantitative estimate of drug-likeness (QED) is 0.469. The lowest BCUT2D eigenvalue weighted by molar-refractivity contribution is -0.306. The molecule has 0 N–H and O–H groups in total. The van der Waals surface area contributed by atoms with Crippen molar-refractivity contribution in [3.8, 4) is 0 Å². The van der Waals surface area contributed by atoms with E-state index in [0.717, 1.165) is 25.2 Å². The summed E-state index contributed by atoms with van der Waals surface area (Å²) in [6.07, 6.45) is -1.05. The Hall–Kier alpha value is -2.31. The lowest BCUT2D eigenvalue weighted by Gasteiger charge is -2.52. The van der Waals surface area contributed by atoms with E-state index in [1.54, 1.807) is 0 Å². The van der Waals surface area contributed by atoms with E-state index < -0.39 is 6.36 Å². The van der Waals surface area contributed by atoms with Crippen molar-refractivity contribution in [3.63, 3.8) is 0 Å². The number of allylic oxidation sites excluding steroid dienone is 3. The van der Waals surface area contributed by atoms with E-state index in [4.69, 9.17) is 0 Å².